The van der Waals surface area contributed by atoms with Crippen molar-refractivity contribution in [3.63, 3.8) is 0 Å². The lowest BCUT2D eigenvalue weighted by Gasteiger charge is -2.29. The van der Waals surface area contributed by atoms with Gasteiger partial charge in [-0.05, 0) is 26.1 Å². The Labute approximate surface area is 111 Å². The Morgan fingerprint density at radius 2 is 1.94 bits per heavy atom. The maximum Gasteiger partial charge on any atom is 0.0615 e. The molecule has 0 bridgehead atoms. The molecule has 0 amide bonds. The highest BCUT2D eigenvalue weighted by Crippen LogP contribution is 2.14. The van der Waals surface area contributed by atoms with Crippen LogP contribution in [0.4, 0.5) is 0 Å². The number of hydrogen-bond donors (Lipinski definition) is 1. The normalized spacial score (nSPS) is 14.7. The third-order valence-electron chi connectivity index (χ3n) is 3.28. The van der Waals surface area contributed by atoms with Crippen LogP contribution in [0.15, 0.2) is 30.3 Å². The number of ether oxygens (including phenoxy) is 1. The van der Waals surface area contributed by atoms with Crippen LogP contribution in [0.1, 0.15) is 25.5 Å². The molecule has 1 rings (SSSR count). The summed E-state index contributed by atoms with van der Waals surface area (Å²) < 4.78 is 5.21. The number of nitrogens with zero attached hydrogens (tertiary/aromatic N) is 1. The van der Waals surface area contributed by atoms with Gasteiger partial charge in [0.25, 0.3) is 0 Å². The molecule has 0 aromatic heterocycles. The molecule has 2 unspecified atom stereocenters. The second kappa shape index (κ2) is 8.25. The van der Waals surface area contributed by atoms with Crippen LogP contribution in [0.25, 0.3) is 0 Å². The zero-order valence-electron chi connectivity index (χ0n) is 12.0. The Kier molecular flexibility index (Phi) is 6.94. The molecule has 18 heavy (non-hydrogen) atoms. The second-order valence-corrected chi connectivity index (χ2v) is 4.76. The molecule has 0 heterocycles. The van der Waals surface area contributed by atoms with Crippen molar-refractivity contribution in [2.45, 2.75) is 25.9 Å². The van der Waals surface area contributed by atoms with E-state index in [2.05, 4.69) is 61.4 Å². The molecule has 0 aliphatic carbocycles. The minimum absolute atomic E-state index is 0.375. The second-order valence-electron chi connectivity index (χ2n) is 4.76. The first-order valence-corrected chi connectivity index (χ1v) is 6.66. The van der Waals surface area contributed by atoms with Gasteiger partial charge in [-0.15, -0.1) is 0 Å². The third kappa shape index (κ3) is 4.77. The van der Waals surface area contributed by atoms with Gasteiger partial charge < -0.3 is 10.1 Å². The fourth-order valence-electron chi connectivity index (χ4n) is 2.06. The maximum absolute atomic E-state index is 5.21. The predicted octanol–water partition coefficient (Wildman–Crippen LogP) is 2.30. The molecule has 0 radical (unpaired) electrons. The Morgan fingerprint density at radius 1 is 1.28 bits per heavy atom. The van der Waals surface area contributed by atoms with E-state index in [1.165, 1.54) is 5.56 Å². The summed E-state index contributed by atoms with van der Waals surface area (Å²) in [4.78, 5) is 2.34. The van der Waals surface area contributed by atoms with Crippen molar-refractivity contribution in [1.82, 2.24) is 10.2 Å². The first-order chi connectivity index (χ1) is 8.69. The van der Waals surface area contributed by atoms with Crippen LogP contribution in [0.3, 0.4) is 0 Å². The molecule has 0 saturated carbocycles. The number of methoxy groups -OCH3 is 1. The molecule has 3 nitrogen and oxygen atoms in total. The summed E-state index contributed by atoms with van der Waals surface area (Å²) in [6.45, 7) is 7.07. The number of benzene rings is 1. The highest BCUT2D eigenvalue weighted by Gasteiger charge is 2.16. The average molecular weight is 250 g/mol. The van der Waals surface area contributed by atoms with Crippen molar-refractivity contribution in [3.8, 4) is 0 Å². The molecule has 3 heteroatoms. The number of likely N-dealkylation sites (N-methyl/N-ethyl adjacent to an activating group) is 2. The Bertz CT molecular complexity index is 316. The zero-order valence-corrected chi connectivity index (χ0v) is 12.0. The number of rotatable bonds is 8. The van der Waals surface area contributed by atoms with Gasteiger partial charge in [-0.3, -0.25) is 4.90 Å². The minimum atomic E-state index is 0.375. The van der Waals surface area contributed by atoms with Crippen molar-refractivity contribution in [1.29, 1.82) is 0 Å². The Hall–Kier alpha value is -0.900. The first kappa shape index (κ1) is 15.2. The summed E-state index contributed by atoms with van der Waals surface area (Å²) in [7, 11) is 3.90. The molecule has 0 saturated heterocycles. The lowest BCUT2D eigenvalue weighted by atomic mass is 10.1. The molecule has 2 atom stereocenters. The van der Waals surface area contributed by atoms with E-state index in [9.17, 15) is 0 Å². The Morgan fingerprint density at radius 3 is 2.50 bits per heavy atom. The molecule has 0 fully saturated rings. The van der Waals surface area contributed by atoms with Crippen LogP contribution in [-0.4, -0.2) is 44.8 Å². The SMILES string of the molecule is CCNC(CN(C)C(C)COC)c1ccccc1. The smallest absolute Gasteiger partial charge is 0.0615 e. The van der Waals surface area contributed by atoms with Crippen molar-refractivity contribution >= 4 is 0 Å². The lowest BCUT2D eigenvalue weighted by molar-refractivity contribution is 0.109. The monoisotopic (exact) mass is 250 g/mol. The van der Waals surface area contributed by atoms with Crippen molar-refractivity contribution in [2.75, 3.05) is 33.9 Å². The molecular weight excluding hydrogens is 224 g/mol. The summed E-state index contributed by atoms with van der Waals surface area (Å²) >= 11 is 0. The van der Waals surface area contributed by atoms with Gasteiger partial charge in [-0.25, -0.2) is 0 Å². The van der Waals surface area contributed by atoms with Crippen molar-refractivity contribution in [2.24, 2.45) is 0 Å². The van der Waals surface area contributed by atoms with Crippen LogP contribution in [0.2, 0.25) is 0 Å². The molecule has 1 aromatic carbocycles. The van der Waals surface area contributed by atoms with Crippen molar-refractivity contribution < 1.29 is 4.74 Å². The van der Waals surface area contributed by atoms with Gasteiger partial charge in [0.05, 0.1) is 6.61 Å². The lowest BCUT2D eigenvalue weighted by Crippen LogP contribution is -2.39. The van der Waals surface area contributed by atoms with E-state index in [0.717, 1.165) is 19.7 Å². The molecule has 0 aliphatic heterocycles. The molecule has 0 spiro atoms. The van der Waals surface area contributed by atoms with Gasteiger partial charge in [0.2, 0.25) is 0 Å². The highest BCUT2D eigenvalue weighted by molar-refractivity contribution is 5.19. The molecule has 102 valence electrons. The minimum Gasteiger partial charge on any atom is -0.383 e. The molecular formula is C15H26N2O. The largest absolute Gasteiger partial charge is 0.383 e. The van der Waals surface area contributed by atoms with Crippen LogP contribution in [0, 0.1) is 0 Å². The van der Waals surface area contributed by atoms with Crippen LogP contribution >= 0.6 is 0 Å². The van der Waals surface area contributed by atoms with E-state index < -0.39 is 0 Å². The molecule has 1 aromatic rings. The van der Waals surface area contributed by atoms with Gasteiger partial charge in [-0.2, -0.15) is 0 Å². The van der Waals surface area contributed by atoms with Crippen LogP contribution < -0.4 is 5.32 Å². The van der Waals surface area contributed by atoms with Gasteiger partial charge in [0.15, 0.2) is 0 Å². The Balaban J connectivity index is 2.63. The number of hydrogen-bond acceptors (Lipinski definition) is 3. The van der Waals surface area contributed by atoms with E-state index in [0.29, 0.717) is 12.1 Å². The first-order valence-electron chi connectivity index (χ1n) is 6.66. The van der Waals surface area contributed by atoms with E-state index in [-0.39, 0.29) is 0 Å². The van der Waals surface area contributed by atoms with Crippen LogP contribution in [0.5, 0.6) is 0 Å². The fraction of sp³-hybridized carbons (Fsp3) is 0.600. The zero-order chi connectivity index (χ0) is 13.4. The van der Waals surface area contributed by atoms with Crippen LogP contribution in [-0.2, 0) is 4.74 Å². The van der Waals surface area contributed by atoms with E-state index >= 15 is 0 Å². The fourth-order valence-corrected chi connectivity index (χ4v) is 2.06. The van der Waals surface area contributed by atoms with Crippen molar-refractivity contribution in [3.05, 3.63) is 35.9 Å². The average Bonchev–Trinajstić information content (AvgIpc) is 2.39. The summed E-state index contributed by atoms with van der Waals surface area (Å²) in [5.74, 6) is 0. The maximum atomic E-state index is 5.21. The summed E-state index contributed by atoms with van der Waals surface area (Å²) in [6, 6.07) is 11.4. The number of nitrogens with one attached hydrogen (secondary N) is 1. The van der Waals surface area contributed by atoms with E-state index in [1.807, 2.05) is 0 Å². The topological polar surface area (TPSA) is 24.5 Å². The van der Waals surface area contributed by atoms with Gasteiger partial charge in [-0.1, -0.05) is 37.3 Å². The predicted molar refractivity (Wildman–Crippen MR) is 76.8 cm³/mol. The highest BCUT2D eigenvalue weighted by atomic mass is 16.5. The van der Waals surface area contributed by atoms with E-state index in [1.54, 1.807) is 7.11 Å². The quantitative estimate of drug-likeness (QED) is 0.766. The van der Waals surface area contributed by atoms with Gasteiger partial charge in [0.1, 0.15) is 0 Å². The summed E-state index contributed by atoms with van der Waals surface area (Å²) in [6.07, 6.45) is 0. The van der Waals surface area contributed by atoms with Gasteiger partial charge >= 0.3 is 0 Å². The molecule has 0 aliphatic rings. The van der Waals surface area contributed by atoms with Gasteiger partial charge in [0, 0.05) is 25.7 Å². The summed E-state index contributed by atoms with van der Waals surface area (Å²) in [5.41, 5.74) is 1.34. The summed E-state index contributed by atoms with van der Waals surface area (Å²) in [5, 5.41) is 3.54. The third-order valence-corrected chi connectivity index (χ3v) is 3.28. The molecule has 1 N–H and O–H groups in total. The standard InChI is InChI=1S/C15H26N2O/c1-5-16-15(14-9-7-6-8-10-14)11-17(3)13(2)12-18-4/h6-10,13,15-16H,5,11-12H2,1-4H3. The van der Waals surface area contributed by atoms with E-state index in [4.69, 9.17) is 4.74 Å².